The molecule has 0 aliphatic rings. The third-order valence-corrected chi connectivity index (χ3v) is 2.81. The Hall–Kier alpha value is -0.0800. The zero-order valence-corrected chi connectivity index (χ0v) is 11.6. The van der Waals surface area contributed by atoms with Crippen molar-refractivity contribution in [2.75, 3.05) is 26.3 Å². The molecule has 0 rings (SSSR count). The van der Waals surface area contributed by atoms with Crippen molar-refractivity contribution < 1.29 is 4.74 Å². The zero-order valence-electron chi connectivity index (χ0n) is 11.6. The lowest BCUT2D eigenvalue weighted by Crippen LogP contribution is -2.22. The van der Waals surface area contributed by atoms with Crippen LogP contribution >= 0.6 is 0 Å². The molecule has 0 aliphatic heterocycles. The van der Waals surface area contributed by atoms with E-state index < -0.39 is 0 Å². The molecule has 0 saturated heterocycles. The van der Waals surface area contributed by atoms with Crippen LogP contribution in [0.15, 0.2) is 0 Å². The van der Waals surface area contributed by atoms with Crippen molar-refractivity contribution in [2.45, 2.75) is 59.3 Å². The zero-order chi connectivity index (χ0) is 12.1. The molecule has 0 fully saturated rings. The Kier molecular flexibility index (Phi) is 12.9. The first-order valence-electron chi connectivity index (χ1n) is 7.09. The van der Waals surface area contributed by atoms with E-state index in [0.717, 1.165) is 32.2 Å². The van der Waals surface area contributed by atoms with Crippen LogP contribution in [0.5, 0.6) is 0 Å². The van der Waals surface area contributed by atoms with E-state index in [-0.39, 0.29) is 0 Å². The molecule has 1 atom stereocenters. The van der Waals surface area contributed by atoms with Gasteiger partial charge in [0.2, 0.25) is 0 Å². The molecule has 0 radical (unpaired) electrons. The summed E-state index contributed by atoms with van der Waals surface area (Å²) in [6.07, 6.45) is 7.90. The predicted octanol–water partition coefficient (Wildman–Crippen LogP) is 3.61. The summed E-state index contributed by atoms with van der Waals surface area (Å²) in [5, 5.41) is 3.43. The van der Waals surface area contributed by atoms with Gasteiger partial charge in [-0.15, -0.1) is 0 Å². The first-order chi connectivity index (χ1) is 7.81. The summed E-state index contributed by atoms with van der Waals surface area (Å²) in [6, 6.07) is 0. The Labute approximate surface area is 102 Å². The normalized spacial score (nSPS) is 12.9. The maximum Gasteiger partial charge on any atom is 0.0591 e. The molecule has 0 amide bonds. The largest absolute Gasteiger partial charge is 0.380 e. The van der Waals surface area contributed by atoms with Gasteiger partial charge in [0.1, 0.15) is 0 Å². The van der Waals surface area contributed by atoms with Crippen molar-refractivity contribution in [1.82, 2.24) is 5.32 Å². The van der Waals surface area contributed by atoms with E-state index >= 15 is 0 Å². The fourth-order valence-electron chi connectivity index (χ4n) is 1.81. The van der Waals surface area contributed by atoms with Gasteiger partial charge in [0, 0.05) is 13.2 Å². The molecular weight excluding hydrogens is 198 g/mol. The summed E-state index contributed by atoms with van der Waals surface area (Å²) >= 11 is 0. The number of nitrogens with one attached hydrogen (secondary N) is 1. The molecule has 0 heterocycles. The van der Waals surface area contributed by atoms with Gasteiger partial charge in [0.15, 0.2) is 0 Å². The second-order valence-corrected chi connectivity index (χ2v) is 4.78. The van der Waals surface area contributed by atoms with Crippen LogP contribution in [0.25, 0.3) is 0 Å². The summed E-state index contributed by atoms with van der Waals surface area (Å²) in [7, 11) is 0. The predicted molar refractivity (Wildman–Crippen MR) is 71.9 cm³/mol. The average molecular weight is 229 g/mol. The van der Waals surface area contributed by atoms with Crippen molar-refractivity contribution in [3.63, 3.8) is 0 Å². The molecule has 0 aromatic heterocycles. The van der Waals surface area contributed by atoms with E-state index in [0.29, 0.717) is 0 Å². The van der Waals surface area contributed by atoms with Gasteiger partial charge in [-0.1, -0.05) is 46.5 Å². The molecule has 0 aliphatic carbocycles. The first-order valence-corrected chi connectivity index (χ1v) is 7.09. The van der Waals surface area contributed by atoms with Crippen LogP contribution in [0.4, 0.5) is 0 Å². The van der Waals surface area contributed by atoms with Gasteiger partial charge < -0.3 is 10.1 Å². The van der Waals surface area contributed by atoms with Crippen LogP contribution < -0.4 is 5.32 Å². The van der Waals surface area contributed by atoms with E-state index in [9.17, 15) is 0 Å². The Morgan fingerprint density at radius 2 is 1.81 bits per heavy atom. The molecule has 16 heavy (non-hydrogen) atoms. The summed E-state index contributed by atoms with van der Waals surface area (Å²) in [5.74, 6) is 0.717. The van der Waals surface area contributed by atoms with Crippen molar-refractivity contribution in [3.05, 3.63) is 0 Å². The molecule has 1 unspecified atom stereocenters. The molecule has 0 bridgehead atoms. The molecule has 2 heteroatoms. The second kappa shape index (κ2) is 13.0. The van der Waals surface area contributed by atoms with Gasteiger partial charge in [-0.25, -0.2) is 0 Å². The number of unbranched alkanes of at least 4 members (excludes halogenated alkanes) is 3. The minimum absolute atomic E-state index is 0.717. The van der Waals surface area contributed by atoms with Crippen LogP contribution in [0.2, 0.25) is 0 Å². The van der Waals surface area contributed by atoms with E-state index in [1.165, 1.54) is 38.5 Å². The minimum Gasteiger partial charge on any atom is -0.380 e. The number of hydrogen-bond donors (Lipinski definition) is 1. The van der Waals surface area contributed by atoms with Gasteiger partial charge in [-0.2, -0.15) is 0 Å². The topological polar surface area (TPSA) is 21.3 Å². The lowest BCUT2D eigenvalue weighted by Gasteiger charge is -2.11. The maximum absolute atomic E-state index is 5.61. The lowest BCUT2D eigenvalue weighted by atomic mass is 10.1. The number of hydrogen-bond acceptors (Lipinski definition) is 2. The standard InChI is InChI=1S/C14H31NO/c1-4-6-7-8-10-15-11-12-16-13-14(3)9-5-2/h14-15H,4-13H2,1-3H3. The van der Waals surface area contributed by atoms with Crippen molar-refractivity contribution in [2.24, 2.45) is 5.92 Å². The average Bonchev–Trinajstić information content (AvgIpc) is 2.27. The summed E-state index contributed by atoms with van der Waals surface area (Å²) in [6.45, 7) is 10.7. The number of rotatable bonds is 12. The molecule has 2 nitrogen and oxygen atoms in total. The molecule has 0 spiro atoms. The third-order valence-electron chi connectivity index (χ3n) is 2.81. The van der Waals surface area contributed by atoms with E-state index in [1.54, 1.807) is 0 Å². The highest BCUT2D eigenvalue weighted by Gasteiger charge is 1.99. The molecule has 0 saturated carbocycles. The molecule has 0 aromatic carbocycles. The molecule has 98 valence electrons. The monoisotopic (exact) mass is 229 g/mol. The Morgan fingerprint density at radius 3 is 2.50 bits per heavy atom. The highest BCUT2D eigenvalue weighted by molar-refractivity contribution is 4.51. The van der Waals surface area contributed by atoms with Crippen LogP contribution in [0.1, 0.15) is 59.3 Å². The van der Waals surface area contributed by atoms with Gasteiger partial charge in [-0.05, 0) is 25.3 Å². The van der Waals surface area contributed by atoms with Crippen LogP contribution in [-0.2, 0) is 4.74 Å². The van der Waals surface area contributed by atoms with Gasteiger partial charge in [0.05, 0.1) is 6.61 Å². The first kappa shape index (κ1) is 15.9. The molecular formula is C14H31NO. The third kappa shape index (κ3) is 12.0. The summed E-state index contributed by atoms with van der Waals surface area (Å²) in [4.78, 5) is 0. The number of ether oxygens (including phenoxy) is 1. The highest BCUT2D eigenvalue weighted by Crippen LogP contribution is 2.04. The highest BCUT2D eigenvalue weighted by atomic mass is 16.5. The molecule has 0 aromatic rings. The van der Waals surface area contributed by atoms with Crippen LogP contribution in [0.3, 0.4) is 0 Å². The fraction of sp³-hybridized carbons (Fsp3) is 1.00. The summed E-state index contributed by atoms with van der Waals surface area (Å²) in [5.41, 5.74) is 0. The van der Waals surface area contributed by atoms with Crippen molar-refractivity contribution >= 4 is 0 Å². The van der Waals surface area contributed by atoms with Gasteiger partial charge in [-0.3, -0.25) is 0 Å². The molecule has 1 N–H and O–H groups in total. The van der Waals surface area contributed by atoms with Crippen molar-refractivity contribution in [3.8, 4) is 0 Å². The quantitative estimate of drug-likeness (QED) is 0.516. The van der Waals surface area contributed by atoms with E-state index in [1.807, 2.05) is 0 Å². The van der Waals surface area contributed by atoms with Gasteiger partial charge in [0.25, 0.3) is 0 Å². The fourth-order valence-corrected chi connectivity index (χ4v) is 1.81. The van der Waals surface area contributed by atoms with E-state index in [4.69, 9.17) is 4.74 Å². The second-order valence-electron chi connectivity index (χ2n) is 4.78. The SMILES string of the molecule is CCCCCCNCCOCC(C)CCC. The Morgan fingerprint density at radius 1 is 1.00 bits per heavy atom. The maximum atomic E-state index is 5.61. The van der Waals surface area contributed by atoms with Crippen LogP contribution in [0, 0.1) is 5.92 Å². The Balaban J connectivity index is 2.98. The smallest absolute Gasteiger partial charge is 0.0591 e. The van der Waals surface area contributed by atoms with Crippen molar-refractivity contribution in [1.29, 1.82) is 0 Å². The van der Waals surface area contributed by atoms with Crippen LogP contribution in [-0.4, -0.2) is 26.3 Å². The van der Waals surface area contributed by atoms with Gasteiger partial charge >= 0.3 is 0 Å². The minimum atomic E-state index is 0.717. The van der Waals surface area contributed by atoms with E-state index in [2.05, 4.69) is 26.1 Å². The lowest BCUT2D eigenvalue weighted by molar-refractivity contribution is 0.103. The Bertz CT molecular complexity index is 128. The summed E-state index contributed by atoms with van der Waals surface area (Å²) < 4.78 is 5.61.